The molecule has 1 atom stereocenters. The second-order valence-corrected chi connectivity index (χ2v) is 8.23. The quantitative estimate of drug-likeness (QED) is 0.428. The molecule has 3 heterocycles. The number of carbonyl (C=O) groups is 2. The molecule has 3 N–H and O–H groups in total. The number of H-pyrrole nitrogens is 1. The molecular weight excluding hydrogens is 406 g/mol. The lowest BCUT2D eigenvalue weighted by Crippen LogP contribution is -2.23. The van der Waals surface area contributed by atoms with Crippen molar-refractivity contribution in [3.63, 3.8) is 0 Å². The highest BCUT2D eigenvalue weighted by Gasteiger charge is 2.19. The van der Waals surface area contributed by atoms with E-state index < -0.39 is 0 Å². The van der Waals surface area contributed by atoms with Gasteiger partial charge in [0.05, 0.1) is 28.7 Å². The molecule has 0 spiro atoms. The molecule has 1 aromatic carbocycles. The number of aromatic nitrogens is 5. The van der Waals surface area contributed by atoms with Crippen LogP contribution in [0.5, 0.6) is 0 Å². The van der Waals surface area contributed by atoms with E-state index in [2.05, 4.69) is 35.8 Å². The summed E-state index contributed by atoms with van der Waals surface area (Å²) < 4.78 is 0. The zero-order valence-electron chi connectivity index (χ0n) is 18.4. The number of anilines is 2. The molecule has 2 amide bonds. The van der Waals surface area contributed by atoms with Crippen LogP contribution in [-0.2, 0) is 16.0 Å². The second-order valence-electron chi connectivity index (χ2n) is 8.23. The van der Waals surface area contributed by atoms with E-state index in [0.717, 1.165) is 22.2 Å². The number of hydrogen-bond acceptors (Lipinski definition) is 6. The fraction of sp³-hybridized carbons (Fsp3) is 0.304. The Morgan fingerprint density at radius 2 is 1.84 bits per heavy atom. The Morgan fingerprint density at radius 3 is 2.62 bits per heavy atom. The van der Waals surface area contributed by atoms with E-state index >= 15 is 0 Å². The van der Waals surface area contributed by atoms with Crippen LogP contribution >= 0.6 is 0 Å². The molecular formula is C23H25N7O2. The zero-order chi connectivity index (χ0) is 22.8. The summed E-state index contributed by atoms with van der Waals surface area (Å²) >= 11 is 0. The van der Waals surface area contributed by atoms with Crippen LogP contribution in [-0.4, -0.2) is 37.0 Å². The number of hydrogen-bond donors (Lipinski definition) is 3. The number of carbonyl (C=O) groups excluding carboxylic acids is 2. The molecule has 0 aliphatic rings. The predicted octanol–water partition coefficient (Wildman–Crippen LogP) is 3.62. The average molecular weight is 432 g/mol. The molecule has 3 aromatic heterocycles. The first-order chi connectivity index (χ1) is 15.3. The van der Waals surface area contributed by atoms with Gasteiger partial charge in [0.15, 0.2) is 5.65 Å². The Hall–Kier alpha value is -3.88. The topological polar surface area (TPSA) is 126 Å². The van der Waals surface area contributed by atoms with Crippen molar-refractivity contribution >= 4 is 45.4 Å². The highest BCUT2D eigenvalue weighted by Crippen LogP contribution is 2.28. The van der Waals surface area contributed by atoms with Crippen LogP contribution in [0.15, 0.2) is 36.7 Å². The van der Waals surface area contributed by atoms with Crippen LogP contribution in [0.3, 0.4) is 0 Å². The number of amides is 2. The Labute approximate surface area is 185 Å². The third kappa shape index (κ3) is 4.41. The van der Waals surface area contributed by atoms with Gasteiger partial charge in [-0.3, -0.25) is 9.59 Å². The van der Waals surface area contributed by atoms with Gasteiger partial charge in [-0.2, -0.15) is 5.10 Å². The molecule has 32 heavy (non-hydrogen) atoms. The minimum Gasteiger partial charge on any atom is -0.343 e. The first-order valence-corrected chi connectivity index (χ1v) is 10.5. The van der Waals surface area contributed by atoms with Crippen LogP contribution in [0.2, 0.25) is 0 Å². The number of nitrogens with one attached hydrogen (secondary N) is 3. The van der Waals surface area contributed by atoms with Crippen molar-refractivity contribution in [3.05, 3.63) is 47.9 Å². The summed E-state index contributed by atoms with van der Waals surface area (Å²) in [6, 6.07) is 9.21. The molecule has 0 fully saturated rings. The molecule has 1 unspecified atom stereocenters. The van der Waals surface area contributed by atoms with Crippen molar-refractivity contribution in [3.8, 4) is 0 Å². The van der Waals surface area contributed by atoms with Crippen molar-refractivity contribution < 1.29 is 9.59 Å². The molecule has 0 bridgehead atoms. The van der Waals surface area contributed by atoms with E-state index in [1.165, 1.54) is 0 Å². The molecule has 0 saturated carbocycles. The highest BCUT2D eigenvalue weighted by molar-refractivity contribution is 6.02. The van der Waals surface area contributed by atoms with Gasteiger partial charge in [-0.1, -0.05) is 26.8 Å². The van der Waals surface area contributed by atoms with Crippen LogP contribution < -0.4 is 10.6 Å². The maximum absolute atomic E-state index is 12.8. The monoisotopic (exact) mass is 431 g/mol. The van der Waals surface area contributed by atoms with Gasteiger partial charge in [0, 0.05) is 17.2 Å². The van der Waals surface area contributed by atoms with E-state index in [4.69, 9.17) is 0 Å². The smallest absolute Gasteiger partial charge is 0.228 e. The molecule has 0 saturated heterocycles. The summed E-state index contributed by atoms with van der Waals surface area (Å²) in [5.41, 5.74) is 4.35. The summed E-state index contributed by atoms with van der Waals surface area (Å²) in [5, 5.41) is 15.2. The molecule has 4 aromatic rings. The SMILES string of the molecule is Cc1cc2c(NC(=O)C(C)C)ccc(CC(C)C(=O)Nc3ccc4[nH]cnc4n3)c2nn1. The fourth-order valence-corrected chi connectivity index (χ4v) is 3.40. The molecule has 0 aliphatic carbocycles. The van der Waals surface area contributed by atoms with E-state index in [9.17, 15) is 9.59 Å². The number of benzene rings is 1. The standard InChI is InChI=1S/C23H25N7O2/c1-12(2)22(31)26-17-6-5-15(20-16(17)10-14(4)29-30-20)9-13(3)23(32)28-19-8-7-18-21(27-19)25-11-24-18/h5-8,10-13H,9H2,1-4H3,(H,26,31)(H2,24,25,27,28,32). The van der Waals surface area contributed by atoms with Crippen molar-refractivity contribution in [2.75, 3.05) is 10.6 Å². The van der Waals surface area contributed by atoms with Gasteiger partial charge in [-0.05, 0) is 43.2 Å². The number of nitrogens with zero attached hydrogens (tertiary/aromatic N) is 4. The van der Waals surface area contributed by atoms with Crippen LogP contribution in [0.4, 0.5) is 11.5 Å². The van der Waals surface area contributed by atoms with Crippen molar-refractivity contribution in [1.29, 1.82) is 0 Å². The maximum Gasteiger partial charge on any atom is 0.228 e. The van der Waals surface area contributed by atoms with Gasteiger partial charge < -0.3 is 15.6 Å². The van der Waals surface area contributed by atoms with Gasteiger partial charge in [-0.25, -0.2) is 9.97 Å². The molecule has 164 valence electrons. The summed E-state index contributed by atoms with van der Waals surface area (Å²) in [5.74, 6) is -0.248. The van der Waals surface area contributed by atoms with Gasteiger partial charge >= 0.3 is 0 Å². The predicted molar refractivity (Wildman–Crippen MR) is 123 cm³/mol. The lowest BCUT2D eigenvalue weighted by Gasteiger charge is -2.15. The Kier molecular flexibility index (Phi) is 5.81. The Morgan fingerprint density at radius 1 is 1.03 bits per heavy atom. The van der Waals surface area contributed by atoms with Gasteiger partial charge in [0.25, 0.3) is 0 Å². The van der Waals surface area contributed by atoms with Crippen LogP contribution in [0, 0.1) is 18.8 Å². The minimum absolute atomic E-state index is 0.0670. The van der Waals surface area contributed by atoms with E-state index in [1.54, 1.807) is 12.4 Å². The number of fused-ring (bicyclic) bond motifs is 2. The second kappa shape index (κ2) is 8.70. The van der Waals surface area contributed by atoms with Crippen LogP contribution in [0.1, 0.15) is 32.0 Å². The largest absolute Gasteiger partial charge is 0.343 e. The third-order valence-corrected chi connectivity index (χ3v) is 5.25. The summed E-state index contributed by atoms with van der Waals surface area (Å²) in [6.45, 7) is 7.39. The van der Waals surface area contributed by atoms with Crippen molar-refractivity contribution in [2.45, 2.75) is 34.1 Å². The maximum atomic E-state index is 12.8. The van der Waals surface area contributed by atoms with Gasteiger partial charge in [-0.15, -0.1) is 5.10 Å². The van der Waals surface area contributed by atoms with E-state index in [1.807, 2.05) is 52.0 Å². The van der Waals surface area contributed by atoms with Gasteiger partial charge in [0.1, 0.15) is 5.82 Å². The summed E-state index contributed by atoms with van der Waals surface area (Å²) in [4.78, 5) is 36.4. The molecule has 0 radical (unpaired) electrons. The minimum atomic E-state index is -0.339. The van der Waals surface area contributed by atoms with Crippen molar-refractivity contribution in [2.24, 2.45) is 11.8 Å². The first-order valence-electron chi connectivity index (χ1n) is 10.5. The normalized spacial score (nSPS) is 12.3. The van der Waals surface area contributed by atoms with E-state index in [-0.39, 0.29) is 23.7 Å². The number of aryl methyl sites for hydroxylation is 1. The number of aromatic amines is 1. The van der Waals surface area contributed by atoms with E-state index in [0.29, 0.717) is 29.1 Å². The van der Waals surface area contributed by atoms with Crippen LogP contribution in [0.25, 0.3) is 22.1 Å². The highest BCUT2D eigenvalue weighted by atomic mass is 16.2. The third-order valence-electron chi connectivity index (χ3n) is 5.25. The number of imidazole rings is 1. The molecule has 4 rings (SSSR count). The first kappa shape index (κ1) is 21.4. The summed E-state index contributed by atoms with van der Waals surface area (Å²) in [7, 11) is 0. The average Bonchev–Trinajstić information content (AvgIpc) is 3.23. The summed E-state index contributed by atoms with van der Waals surface area (Å²) in [6.07, 6.45) is 2.02. The molecule has 9 heteroatoms. The van der Waals surface area contributed by atoms with Gasteiger partial charge in [0.2, 0.25) is 11.8 Å². The molecule has 0 aliphatic heterocycles. The lowest BCUT2D eigenvalue weighted by molar-refractivity contribution is -0.119. The zero-order valence-corrected chi connectivity index (χ0v) is 18.4. The lowest BCUT2D eigenvalue weighted by atomic mass is 9.97. The Bertz CT molecular complexity index is 1310. The van der Waals surface area contributed by atoms with Crippen molar-refractivity contribution in [1.82, 2.24) is 25.1 Å². The Balaban J connectivity index is 1.56. The fourth-order valence-electron chi connectivity index (χ4n) is 3.40. The molecule has 9 nitrogen and oxygen atoms in total. The number of pyridine rings is 1. The number of rotatable bonds is 6.